The zero-order chi connectivity index (χ0) is 14.9. The van der Waals surface area contributed by atoms with Crippen molar-refractivity contribution in [2.75, 3.05) is 37.7 Å². The molecule has 2 fully saturated rings. The number of ether oxygens (including phenoxy) is 1. The Kier molecular flexibility index (Phi) is 3.67. The topological polar surface area (TPSA) is 58.6 Å². The Hall–Kier alpha value is -1.73. The second-order valence-electron chi connectivity index (χ2n) is 5.65. The summed E-state index contributed by atoms with van der Waals surface area (Å²) < 4.78 is 6.63. The molecule has 1 unspecified atom stereocenters. The smallest absolute Gasteiger partial charge is 0.251 e. The first-order valence-electron chi connectivity index (χ1n) is 7.66. The van der Waals surface area contributed by atoms with Crippen LogP contribution < -0.4 is 4.90 Å². The highest BCUT2D eigenvalue weighted by Gasteiger charge is 2.30. The number of rotatable bonds is 2. The lowest BCUT2D eigenvalue weighted by atomic mass is 10.2. The van der Waals surface area contributed by atoms with Gasteiger partial charge in [-0.15, -0.1) is 11.3 Å². The number of piperazine rings is 1. The minimum absolute atomic E-state index is 0.154. The zero-order valence-corrected chi connectivity index (χ0v) is 13.1. The van der Waals surface area contributed by atoms with Crippen LogP contribution in [0.2, 0.25) is 0 Å². The molecule has 0 radical (unpaired) electrons. The van der Waals surface area contributed by atoms with Crippen molar-refractivity contribution in [2.45, 2.75) is 18.9 Å². The van der Waals surface area contributed by atoms with E-state index in [1.54, 1.807) is 17.7 Å². The summed E-state index contributed by atoms with van der Waals surface area (Å²) in [7, 11) is 0. The first-order valence-corrected chi connectivity index (χ1v) is 8.54. The van der Waals surface area contributed by atoms with Crippen LogP contribution in [0.15, 0.2) is 17.8 Å². The molecule has 4 rings (SSSR count). The number of thiophene rings is 1. The predicted molar refractivity (Wildman–Crippen MR) is 85.2 cm³/mol. The van der Waals surface area contributed by atoms with E-state index < -0.39 is 0 Å². The lowest BCUT2D eigenvalue weighted by molar-refractivity contribution is -0.141. The van der Waals surface area contributed by atoms with Crippen molar-refractivity contribution in [3.8, 4) is 0 Å². The minimum Gasteiger partial charge on any atom is -0.368 e. The Morgan fingerprint density at radius 3 is 2.91 bits per heavy atom. The molecule has 2 aliphatic heterocycles. The van der Waals surface area contributed by atoms with Gasteiger partial charge in [0.25, 0.3) is 5.91 Å². The van der Waals surface area contributed by atoms with Crippen LogP contribution >= 0.6 is 11.3 Å². The molecule has 2 aliphatic rings. The Balaban J connectivity index is 1.45. The van der Waals surface area contributed by atoms with E-state index in [-0.39, 0.29) is 12.0 Å². The molecule has 0 aliphatic carbocycles. The third kappa shape index (κ3) is 2.44. The summed E-state index contributed by atoms with van der Waals surface area (Å²) in [5.74, 6) is 1.14. The fourth-order valence-corrected chi connectivity index (χ4v) is 3.98. The first kappa shape index (κ1) is 13.9. The lowest BCUT2D eigenvalue weighted by Gasteiger charge is -2.36. The van der Waals surface area contributed by atoms with Crippen molar-refractivity contribution < 1.29 is 9.53 Å². The van der Waals surface area contributed by atoms with Crippen LogP contribution in [0.5, 0.6) is 0 Å². The fourth-order valence-electron chi connectivity index (χ4n) is 3.12. The van der Waals surface area contributed by atoms with Gasteiger partial charge in [0.1, 0.15) is 18.2 Å². The molecule has 2 aromatic heterocycles. The second kappa shape index (κ2) is 5.81. The highest BCUT2D eigenvalue weighted by atomic mass is 32.1. The van der Waals surface area contributed by atoms with Crippen LogP contribution in [-0.2, 0) is 9.53 Å². The highest BCUT2D eigenvalue weighted by molar-refractivity contribution is 7.17. The number of carbonyl (C=O) groups is 1. The van der Waals surface area contributed by atoms with Crippen molar-refractivity contribution in [1.82, 2.24) is 14.9 Å². The Bertz CT molecular complexity index is 675. The molecule has 1 amide bonds. The van der Waals surface area contributed by atoms with Gasteiger partial charge in [-0.3, -0.25) is 4.79 Å². The molecule has 0 N–H and O–H groups in total. The number of carbonyl (C=O) groups excluding carboxylic acids is 1. The van der Waals surface area contributed by atoms with Crippen molar-refractivity contribution in [1.29, 1.82) is 0 Å². The van der Waals surface area contributed by atoms with E-state index in [1.165, 1.54) is 0 Å². The van der Waals surface area contributed by atoms with Crippen molar-refractivity contribution in [3.05, 3.63) is 17.8 Å². The number of amides is 1. The van der Waals surface area contributed by atoms with Gasteiger partial charge < -0.3 is 14.5 Å². The molecule has 2 aromatic rings. The number of aromatic nitrogens is 2. The zero-order valence-electron chi connectivity index (χ0n) is 12.3. The van der Waals surface area contributed by atoms with Crippen LogP contribution in [0.1, 0.15) is 12.8 Å². The van der Waals surface area contributed by atoms with Gasteiger partial charge in [0.15, 0.2) is 0 Å². The maximum absolute atomic E-state index is 12.4. The molecule has 6 nitrogen and oxygen atoms in total. The maximum Gasteiger partial charge on any atom is 0.251 e. The van der Waals surface area contributed by atoms with Crippen LogP contribution in [0.4, 0.5) is 5.82 Å². The Morgan fingerprint density at radius 2 is 2.14 bits per heavy atom. The van der Waals surface area contributed by atoms with Gasteiger partial charge in [0, 0.05) is 32.8 Å². The van der Waals surface area contributed by atoms with E-state index >= 15 is 0 Å². The highest BCUT2D eigenvalue weighted by Crippen LogP contribution is 2.28. The standard InChI is InChI=1S/C15H18N4O2S/c20-15(12-2-1-8-21-12)19-6-4-18(5-7-19)14-13-11(3-9-22-13)16-10-17-14/h3,9-10,12H,1-2,4-8H2. The molecule has 22 heavy (non-hydrogen) atoms. The number of hydrogen-bond acceptors (Lipinski definition) is 6. The molecule has 116 valence electrons. The third-order valence-electron chi connectivity index (χ3n) is 4.32. The van der Waals surface area contributed by atoms with Gasteiger partial charge in [0.05, 0.1) is 10.2 Å². The van der Waals surface area contributed by atoms with Crippen LogP contribution in [0, 0.1) is 0 Å². The van der Waals surface area contributed by atoms with E-state index in [0.29, 0.717) is 6.61 Å². The lowest BCUT2D eigenvalue weighted by Crippen LogP contribution is -2.51. The van der Waals surface area contributed by atoms with Gasteiger partial charge in [-0.2, -0.15) is 0 Å². The summed E-state index contributed by atoms with van der Waals surface area (Å²) >= 11 is 1.67. The molecular formula is C15H18N4O2S. The van der Waals surface area contributed by atoms with Gasteiger partial charge in [-0.25, -0.2) is 9.97 Å². The molecule has 7 heteroatoms. The van der Waals surface area contributed by atoms with Crippen LogP contribution in [0.25, 0.3) is 10.2 Å². The SMILES string of the molecule is O=C(C1CCCO1)N1CCN(c2ncnc3ccsc23)CC1. The normalized spacial score (nSPS) is 22.5. The van der Waals surface area contributed by atoms with Gasteiger partial charge >= 0.3 is 0 Å². The van der Waals surface area contributed by atoms with Crippen molar-refractivity contribution in [2.24, 2.45) is 0 Å². The number of nitrogens with zero attached hydrogens (tertiary/aromatic N) is 4. The summed E-state index contributed by atoms with van der Waals surface area (Å²) in [5, 5.41) is 2.04. The van der Waals surface area contributed by atoms with E-state index in [1.807, 2.05) is 16.3 Å². The summed E-state index contributed by atoms with van der Waals surface area (Å²) in [4.78, 5) is 25.3. The van der Waals surface area contributed by atoms with Crippen LogP contribution in [0.3, 0.4) is 0 Å². The molecule has 0 spiro atoms. The average molecular weight is 318 g/mol. The van der Waals surface area contributed by atoms with E-state index in [2.05, 4.69) is 14.9 Å². The Labute approximate surface area is 132 Å². The fraction of sp³-hybridized carbons (Fsp3) is 0.533. The summed E-state index contributed by atoms with van der Waals surface area (Å²) in [6.45, 7) is 3.80. The second-order valence-corrected chi connectivity index (χ2v) is 6.56. The minimum atomic E-state index is -0.213. The van der Waals surface area contributed by atoms with E-state index in [9.17, 15) is 4.79 Å². The van der Waals surface area contributed by atoms with Gasteiger partial charge in [0.2, 0.25) is 0 Å². The monoisotopic (exact) mass is 318 g/mol. The number of fused-ring (bicyclic) bond motifs is 1. The van der Waals surface area contributed by atoms with Gasteiger partial charge in [-0.05, 0) is 24.3 Å². The van der Waals surface area contributed by atoms with E-state index in [4.69, 9.17) is 4.74 Å². The molecule has 0 aromatic carbocycles. The molecule has 0 saturated carbocycles. The third-order valence-corrected chi connectivity index (χ3v) is 5.22. The first-order chi connectivity index (χ1) is 10.8. The number of hydrogen-bond donors (Lipinski definition) is 0. The van der Waals surface area contributed by atoms with Gasteiger partial charge in [-0.1, -0.05) is 0 Å². The number of anilines is 1. The van der Waals surface area contributed by atoms with E-state index in [0.717, 1.165) is 55.1 Å². The maximum atomic E-state index is 12.4. The molecule has 0 bridgehead atoms. The predicted octanol–water partition coefficient (Wildman–Crippen LogP) is 1.52. The average Bonchev–Trinajstić information content (AvgIpc) is 3.25. The van der Waals surface area contributed by atoms with Crippen molar-refractivity contribution >= 4 is 33.3 Å². The molecule has 1 atom stereocenters. The molecule has 2 saturated heterocycles. The summed E-state index contributed by atoms with van der Waals surface area (Å²) in [5.41, 5.74) is 0.993. The Morgan fingerprint density at radius 1 is 1.27 bits per heavy atom. The van der Waals surface area contributed by atoms with Crippen LogP contribution in [-0.4, -0.2) is 59.7 Å². The molecule has 4 heterocycles. The summed E-state index contributed by atoms with van der Waals surface area (Å²) in [6.07, 6.45) is 3.26. The quantitative estimate of drug-likeness (QED) is 0.840. The summed E-state index contributed by atoms with van der Waals surface area (Å²) in [6, 6.07) is 2.02. The largest absolute Gasteiger partial charge is 0.368 e. The molecular weight excluding hydrogens is 300 g/mol. The van der Waals surface area contributed by atoms with Crippen molar-refractivity contribution in [3.63, 3.8) is 0 Å².